The first kappa shape index (κ1) is 16.9. The fourth-order valence-electron chi connectivity index (χ4n) is 4.04. The van der Waals surface area contributed by atoms with E-state index in [9.17, 15) is 4.79 Å². The molecule has 0 fully saturated rings. The first-order chi connectivity index (χ1) is 12.6. The van der Waals surface area contributed by atoms with Crippen LogP contribution in [0.25, 0.3) is 0 Å². The van der Waals surface area contributed by atoms with Gasteiger partial charge in [-0.05, 0) is 47.6 Å². The van der Waals surface area contributed by atoms with Crippen LogP contribution in [0.5, 0.6) is 0 Å². The Labute approximate surface area is 155 Å². The second kappa shape index (κ2) is 6.99. The minimum Gasteiger partial charge on any atom is -0.462 e. The molecule has 2 aromatic rings. The summed E-state index contributed by atoms with van der Waals surface area (Å²) in [6, 6.07) is 16.8. The summed E-state index contributed by atoms with van der Waals surface area (Å²) in [5.41, 5.74) is 4.28. The van der Waals surface area contributed by atoms with Gasteiger partial charge in [-0.1, -0.05) is 56.3 Å². The largest absolute Gasteiger partial charge is 0.462 e. The van der Waals surface area contributed by atoms with Crippen LogP contribution < -0.4 is 5.32 Å². The lowest BCUT2D eigenvalue weighted by Crippen LogP contribution is -2.29. The predicted octanol–water partition coefficient (Wildman–Crippen LogP) is 5.33. The van der Waals surface area contributed by atoms with E-state index in [1.165, 1.54) is 11.1 Å². The van der Waals surface area contributed by atoms with E-state index in [4.69, 9.17) is 4.74 Å². The van der Waals surface area contributed by atoms with Gasteiger partial charge in [-0.15, -0.1) is 0 Å². The van der Waals surface area contributed by atoms with Crippen molar-refractivity contribution in [3.63, 3.8) is 0 Å². The molecule has 26 heavy (non-hydrogen) atoms. The zero-order valence-corrected chi connectivity index (χ0v) is 15.3. The number of ether oxygens (including phenoxy) is 1. The highest BCUT2D eigenvalue weighted by atomic mass is 16.5. The molecule has 0 bridgehead atoms. The molecule has 4 rings (SSSR count). The number of carbonyl (C=O) groups is 1. The van der Waals surface area contributed by atoms with Gasteiger partial charge >= 0.3 is 5.97 Å². The lowest BCUT2D eigenvalue weighted by molar-refractivity contribution is 0.0459. The summed E-state index contributed by atoms with van der Waals surface area (Å²) in [6.07, 6.45) is 5.62. The molecule has 1 aliphatic heterocycles. The van der Waals surface area contributed by atoms with Gasteiger partial charge < -0.3 is 10.1 Å². The Morgan fingerprint density at radius 1 is 1.19 bits per heavy atom. The molecule has 3 nitrogen and oxygen atoms in total. The molecule has 0 unspecified atom stereocenters. The minimum absolute atomic E-state index is 0.231. The highest BCUT2D eigenvalue weighted by molar-refractivity contribution is 5.90. The van der Waals surface area contributed by atoms with Crippen LogP contribution in [-0.2, 0) is 4.74 Å². The standard InChI is InChI=1S/C23H25NO2/c1-15(2)14-26-23(25)17-11-12-21-20(13-17)18-9-6-10-19(18)22(24-21)16-7-4-3-5-8-16/h3-9,11-13,15,18-19,22,24H,10,14H2,1-2H3/t18-,19+,22+/m0/s1. The lowest BCUT2D eigenvalue weighted by Gasteiger charge is -2.37. The van der Waals surface area contributed by atoms with Crippen LogP contribution in [0.3, 0.4) is 0 Å². The smallest absolute Gasteiger partial charge is 0.338 e. The molecule has 2 aliphatic rings. The van der Waals surface area contributed by atoms with E-state index in [0.29, 0.717) is 36.0 Å². The van der Waals surface area contributed by atoms with Gasteiger partial charge in [-0.2, -0.15) is 0 Å². The number of hydrogen-bond donors (Lipinski definition) is 1. The van der Waals surface area contributed by atoms with Gasteiger partial charge in [0, 0.05) is 11.6 Å². The summed E-state index contributed by atoms with van der Waals surface area (Å²) in [5.74, 6) is 0.929. The molecule has 0 aromatic heterocycles. The second-order valence-electron chi connectivity index (χ2n) is 7.68. The van der Waals surface area contributed by atoms with Crippen molar-refractivity contribution in [2.24, 2.45) is 11.8 Å². The quantitative estimate of drug-likeness (QED) is 0.600. The average molecular weight is 347 g/mol. The Morgan fingerprint density at radius 2 is 2.00 bits per heavy atom. The van der Waals surface area contributed by atoms with Gasteiger partial charge in [-0.25, -0.2) is 4.79 Å². The van der Waals surface area contributed by atoms with Crippen molar-refractivity contribution >= 4 is 11.7 Å². The summed E-state index contributed by atoms with van der Waals surface area (Å²) < 4.78 is 5.40. The first-order valence-electron chi connectivity index (χ1n) is 9.42. The Morgan fingerprint density at radius 3 is 2.77 bits per heavy atom. The van der Waals surface area contributed by atoms with Crippen molar-refractivity contribution < 1.29 is 9.53 Å². The van der Waals surface area contributed by atoms with Gasteiger partial charge in [-0.3, -0.25) is 0 Å². The second-order valence-corrected chi connectivity index (χ2v) is 7.68. The van der Waals surface area contributed by atoms with Gasteiger partial charge in [0.25, 0.3) is 0 Å². The molecular formula is C23H25NO2. The summed E-state index contributed by atoms with van der Waals surface area (Å²) in [6.45, 7) is 4.54. The normalized spacial score (nSPS) is 23.3. The average Bonchev–Trinajstić information content (AvgIpc) is 3.16. The zero-order chi connectivity index (χ0) is 18.1. The van der Waals surface area contributed by atoms with Gasteiger partial charge in [0.1, 0.15) is 0 Å². The first-order valence-corrected chi connectivity index (χ1v) is 9.42. The lowest BCUT2D eigenvalue weighted by atomic mass is 9.76. The third kappa shape index (κ3) is 3.14. The van der Waals surface area contributed by atoms with Crippen molar-refractivity contribution in [1.29, 1.82) is 0 Å². The van der Waals surface area contributed by atoms with Crippen molar-refractivity contribution in [2.45, 2.75) is 32.2 Å². The molecular weight excluding hydrogens is 322 g/mol. The Kier molecular flexibility index (Phi) is 4.54. The van der Waals surface area contributed by atoms with Crippen LogP contribution >= 0.6 is 0 Å². The van der Waals surface area contributed by atoms with Gasteiger partial charge in [0.05, 0.1) is 18.2 Å². The molecule has 0 saturated heterocycles. The molecule has 0 amide bonds. The maximum Gasteiger partial charge on any atom is 0.338 e. The van der Waals surface area contributed by atoms with Gasteiger partial charge in [0.2, 0.25) is 0 Å². The number of anilines is 1. The number of esters is 1. The van der Waals surface area contributed by atoms with Crippen LogP contribution in [-0.4, -0.2) is 12.6 Å². The molecule has 1 heterocycles. The molecule has 2 aromatic carbocycles. The van der Waals surface area contributed by atoms with E-state index >= 15 is 0 Å². The molecule has 1 aliphatic carbocycles. The maximum absolute atomic E-state index is 12.4. The van der Waals surface area contributed by atoms with Gasteiger partial charge in [0.15, 0.2) is 0 Å². The number of hydrogen-bond acceptors (Lipinski definition) is 3. The zero-order valence-electron chi connectivity index (χ0n) is 15.3. The Hall–Kier alpha value is -2.55. The van der Waals surface area contributed by atoms with Crippen LogP contribution in [0.1, 0.15) is 53.7 Å². The Bertz CT molecular complexity index is 825. The number of fused-ring (bicyclic) bond motifs is 3. The SMILES string of the molecule is CC(C)COC(=O)c1ccc2c(c1)[C@H]1C=CC[C@H]1[C@@H](c1ccccc1)N2. The third-order valence-corrected chi connectivity index (χ3v) is 5.30. The topological polar surface area (TPSA) is 38.3 Å². The summed E-state index contributed by atoms with van der Waals surface area (Å²) in [7, 11) is 0. The molecule has 0 radical (unpaired) electrons. The highest BCUT2D eigenvalue weighted by Crippen LogP contribution is 2.49. The van der Waals surface area contributed by atoms with Crippen LogP contribution in [0.15, 0.2) is 60.7 Å². The number of benzene rings is 2. The summed E-state index contributed by atoms with van der Waals surface area (Å²) >= 11 is 0. The van der Waals surface area contributed by atoms with Crippen molar-refractivity contribution in [3.05, 3.63) is 77.4 Å². The van der Waals surface area contributed by atoms with Crippen molar-refractivity contribution in [1.82, 2.24) is 0 Å². The monoisotopic (exact) mass is 347 g/mol. The van der Waals surface area contributed by atoms with Crippen molar-refractivity contribution in [2.75, 3.05) is 11.9 Å². The minimum atomic E-state index is -0.231. The number of nitrogens with one attached hydrogen (secondary N) is 1. The van der Waals surface area contributed by atoms with Crippen molar-refractivity contribution in [3.8, 4) is 0 Å². The number of carbonyl (C=O) groups excluding carboxylic acids is 1. The van der Waals surface area contributed by atoms with E-state index in [2.05, 4.69) is 47.8 Å². The number of allylic oxidation sites excluding steroid dienone is 2. The molecule has 3 atom stereocenters. The van der Waals surface area contributed by atoms with E-state index in [1.54, 1.807) is 0 Å². The molecule has 1 N–H and O–H groups in total. The summed E-state index contributed by atoms with van der Waals surface area (Å²) in [4.78, 5) is 12.4. The maximum atomic E-state index is 12.4. The van der Waals surface area contributed by atoms with E-state index in [-0.39, 0.29) is 5.97 Å². The van der Waals surface area contributed by atoms with E-state index < -0.39 is 0 Å². The third-order valence-electron chi connectivity index (χ3n) is 5.30. The van der Waals surface area contributed by atoms with Crippen LogP contribution in [0, 0.1) is 11.8 Å². The number of rotatable bonds is 4. The molecule has 0 spiro atoms. The molecule has 3 heteroatoms. The van der Waals surface area contributed by atoms with E-state index in [1.807, 2.05) is 32.0 Å². The fourth-order valence-corrected chi connectivity index (χ4v) is 4.04. The van der Waals surface area contributed by atoms with Crippen LogP contribution in [0.2, 0.25) is 0 Å². The molecule has 0 saturated carbocycles. The summed E-state index contributed by atoms with van der Waals surface area (Å²) in [5, 5.41) is 3.71. The van der Waals surface area contributed by atoms with E-state index in [0.717, 1.165) is 12.1 Å². The fraction of sp³-hybridized carbons (Fsp3) is 0.348. The van der Waals surface area contributed by atoms with Crippen LogP contribution in [0.4, 0.5) is 5.69 Å². The molecule has 134 valence electrons. The predicted molar refractivity (Wildman–Crippen MR) is 104 cm³/mol. The highest BCUT2D eigenvalue weighted by Gasteiger charge is 2.38. The Balaban J connectivity index is 1.64.